The Bertz CT molecular complexity index is 876. The SMILES string of the molecule is CCOC(=O)c1cc(-c2ccc(Cl)cc2)c2cc(Cl)ccc2n1. The monoisotopic (exact) mass is 345 g/mol. The third-order valence-electron chi connectivity index (χ3n) is 3.41. The van der Waals surface area contributed by atoms with Crippen LogP contribution in [0.4, 0.5) is 0 Å². The molecule has 0 saturated heterocycles. The molecule has 0 spiro atoms. The summed E-state index contributed by atoms with van der Waals surface area (Å²) in [4.78, 5) is 16.4. The van der Waals surface area contributed by atoms with Crippen LogP contribution in [0.15, 0.2) is 48.5 Å². The second-order valence-electron chi connectivity index (χ2n) is 4.94. The highest BCUT2D eigenvalue weighted by atomic mass is 35.5. The second-order valence-corrected chi connectivity index (χ2v) is 5.82. The molecule has 5 heteroatoms. The van der Waals surface area contributed by atoms with Crippen molar-refractivity contribution in [1.29, 1.82) is 0 Å². The largest absolute Gasteiger partial charge is 0.461 e. The molecule has 3 nitrogen and oxygen atoms in total. The zero-order valence-electron chi connectivity index (χ0n) is 12.3. The number of hydrogen-bond donors (Lipinski definition) is 0. The van der Waals surface area contributed by atoms with Crippen molar-refractivity contribution in [2.45, 2.75) is 6.92 Å². The number of hydrogen-bond acceptors (Lipinski definition) is 3. The highest BCUT2D eigenvalue weighted by Gasteiger charge is 2.14. The predicted octanol–water partition coefficient (Wildman–Crippen LogP) is 5.39. The molecular formula is C18H13Cl2NO2. The van der Waals surface area contributed by atoms with E-state index < -0.39 is 5.97 Å². The van der Waals surface area contributed by atoms with Crippen LogP contribution in [-0.2, 0) is 4.74 Å². The van der Waals surface area contributed by atoms with Gasteiger partial charge in [0.05, 0.1) is 12.1 Å². The van der Waals surface area contributed by atoms with Gasteiger partial charge in [-0.05, 0) is 54.4 Å². The van der Waals surface area contributed by atoms with Crippen LogP contribution in [0.1, 0.15) is 17.4 Å². The normalized spacial score (nSPS) is 10.7. The van der Waals surface area contributed by atoms with Crippen molar-refractivity contribution in [3.8, 4) is 11.1 Å². The standard InChI is InChI=1S/C18H13Cl2NO2/c1-2-23-18(22)17-10-14(11-3-5-12(19)6-4-11)15-9-13(20)7-8-16(15)21-17/h3-10H,2H2,1H3. The van der Waals surface area contributed by atoms with E-state index in [1.165, 1.54) is 0 Å². The van der Waals surface area contributed by atoms with Crippen LogP contribution >= 0.6 is 23.2 Å². The first-order valence-corrected chi connectivity index (χ1v) is 7.87. The molecule has 3 aromatic rings. The fourth-order valence-corrected chi connectivity index (χ4v) is 2.67. The Kier molecular flexibility index (Phi) is 4.51. The van der Waals surface area contributed by atoms with Crippen molar-refractivity contribution < 1.29 is 9.53 Å². The molecule has 0 bridgehead atoms. The fraction of sp³-hybridized carbons (Fsp3) is 0.111. The van der Waals surface area contributed by atoms with Gasteiger partial charge in [0.1, 0.15) is 5.69 Å². The Morgan fingerprint density at radius 3 is 2.43 bits per heavy atom. The molecule has 0 amide bonds. The maximum absolute atomic E-state index is 12.1. The number of rotatable bonds is 3. The molecule has 1 heterocycles. The zero-order chi connectivity index (χ0) is 16.4. The average Bonchev–Trinajstić information content (AvgIpc) is 2.55. The van der Waals surface area contributed by atoms with E-state index >= 15 is 0 Å². The first-order chi connectivity index (χ1) is 11.1. The van der Waals surface area contributed by atoms with Crippen LogP contribution in [-0.4, -0.2) is 17.6 Å². The summed E-state index contributed by atoms with van der Waals surface area (Å²) in [5.41, 5.74) is 2.74. The van der Waals surface area contributed by atoms with E-state index in [0.29, 0.717) is 22.2 Å². The summed E-state index contributed by atoms with van der Waals surface area (Å²) >= 11 is 12.1. The molecule has 0 aliphatic rings. The second kappa shape index (κ2) is 6.57. The number of pyridine rings is 1. The summed E-state index contributed by atoms with van der Waals surface area (Å²) in [6, 6.07) is 14.5. The molecule has 23 heavy (non-hydrogen) atoms. The molecule has 2 aromatic carbocycles. The van der Waals surface area contributed by atoms with E-state index in [2.05, 4.69) is 4.98 Å². The molecular weight excluding hydrogens is 333 g/mol. The summed E-state index contributed by atoms with van der Waals surface area (Å²) < 4.78 is 5.06. The summed E-state index contributed by atoms with van der Waals surface area (Å²) in [5.74, 6) is -0.445. The minimum atomic E-state index is -0.445. The fourth-order valence-electron chi connectivity index (χ4n) is 2.38. The Morgan fingerprint density at radius 2 is 1.74 bits per heavy atom. The molecule has 0 unspecified atom stereocenters. The summed E-state index contributed by atoms with van der Waals surface area (Å²) in [6.45, 7) is 2.06. The van der Waals surface area contributed by atoms with Gasteiger partial charge in [0.15, 0.2) is 0 Å². The number of benzene rings is 2. The predicted molar refractivity (Wildman–Crippen MR) is 93.2 cm³/mol. The van der Waals surface area contributed by atoms with Crippen LogP contribution < -0.4 is 0 Å². The zero-order valence-corrected chi connectivity index (χ0v) is 13.9. The number of esters is 1. The van der Waals surface area contributed by atoms with Crippen molar-refractivity contribution >= 4 is 40.1 Å². The Labute approximate surface area is 143 Å². The Balaban J connectivity index is 2.25. The number of fused-ring (bicyclic) bond motifs is 1. The molecule has 0 radical (unpaired) electrons. The molecule has 0 fully saturated rings. The smallest absolute Gasteiger partial charge is 0.356 e. The number of aromatic nitrogens is 1. The van der Waals surface area contributed by atoms with Gasteiger partial charge in [-0.3, -0.25) is 0 Å². The van der Waals surface area contributed by atoms with Gasteiger partial charge in [-0.15, -0.1) is 0 Å². The first-order valence-electron chi connectivity index (χ1n) is 7.12. The number of carbonyl (C=O) groups excluding carboxylic acids is 1. The van der Waals surface area contributed by atoms with Gasteiger partial charge in [0, 0.05) is 15.4 Å². The van der Waals surface area contributed by atoms with E-state index in [-0.39, 0.29) is 5.69 Å². The quantitative estimate of drug-likeness (QED) is 0.597. The molecule has 1 aromatic heterocycles. The number of ether oxygens (including phenoxy) is 1. The highest BCUT2D eigenvalue weighted by Crippen LogP contribution is 2.31. The molecule has 0 atom stereocenters. The molecule has 3 rings (SSSR count). The summed E-state index contributed by atoms with van der Waals surface area (Å²) in [6.07, 6.45) is 0. The van der Waals surface area contributed by atoms with Gasteiger partial charge < -0.3 is 4.74 Å². The van der Waals surface area contributed by atoms with Gasteiger partial charge in [-0.25, -0.2) is 9.78 Å². The lowest BCUT2D eigenvalue weighted by atomic mass is 10.00. The number of halogens is 2. The van der Waals surface area contributed by atoms with E-state index in [1.807, 2.05) is 18.2 Å². The molecule has 0 saturated carbocycles. The molecule has 0 aliphatic carbocycles. The number of carbonyl (C=O) groups is 1. The average molecular weight is 346 g/mol. The minimum absolute atomic E-state index is 0.270. The van der Waals surface area contributed by atoms with Crippen LogP contribution in [0.25, 0.3) is 22.0 Å². The van der Waals surface area contributed by atoms with E-state index in [4.69, 9.17) is 27.9 Å². The van der Waals surface area contributed by atoms with E-state index in [1.54, 1.807) is 37.3 Å². The maximum Gasteiger partial charge on any atom is 0.356 e. The topological polar surface area (TPSA) is 39.2 Å². The van der Waals surface area contributed by atoms with Crippen molar-refractivity contribution in [3.05, 3.63) is 64.3 Å². The van der Waals surface area contributed by atoms with Crippen LogP contribution in [0, 0.1) is 0 Å². The van der Waals surface area contributed by atoms with E-state index in [9.17, 15) is 4.79 Å². The summed E-state index contributed by atoms with van der Waals surface area (Å²) in [5, 5.41) is 2.13. The lowest BCUT2D eigenvalue weighted by Crippen LogP contribution is -2.07. The third kappa shape index (κ3) is 3.31. The van der Waals surface area contributed by atoms with E-state index in [0.717, 1.165) is 16.5 Å². The highest BCUT2D eigenvalue weighted by molar-refractivity contribution is 6.31. The molecule has 0 aliphatic heterocycles. The minimum Gasteiger partial charge on any atom is -0.461 e. The number of nitrogens with zero attached hydrogens (tertiary/aromatic N) is 1. The van der Waals surface area contributed by atoms with Crippen LogP contribution in [0.3, 0.4) is 0 Å². The van der Waals surface area contributed by atoms with Gasteiger partial charge in [-0.1, -0.05) is 35.3 Å². The van der Waals surface area contributed by atoms with Gasteiger partial charge in [-0.2, -0.15) is 0 Å². The Morgan fingerprint density at radius 1 is 1.04 bits per heavy atom. The van der Waals surface area contributed by atoms with Crippen molar-refractivity contribution in [2.24, 2.45) is 0 Å². The lowest BCUT2D eigenvalue weighted by molar-refractivity contribution is 0.0520. The summed E-state index contributed by atoms with van der Waals surface area (Å²) in [7, 11) is 0. The maximum atomic E-state index is 12.1. The Hall–Kier alpha value is -2.10. The van der Waals surface area contributed by atoms with Gasteiger partial charge in [0.2, 0.25) is 0 Å². The van der Waals surface area contributed by atoms with Gasteiger partial charge >= 0.3 is 5.97 Å². The van der Waals surface area contributed by atoms with Crippen LogP contribution in [0.5, 0.6) is 0 Å². The van der Waals surface area contributed by atoms with Crippen molar-refractivity contribution in [2.75, 3.05) is 6.61 Å². The van der Waals surface area contributed by atoms with Crippen molar-refractivity contribution in [1.82, 2.24) is 4.98 Å². The first kappa shape index (κ1) is 15.8. The lowest BCUT2D eigenvalue weighted by Gasteiger charge is -2.10. The van der Waals surface area contributed by atoms with Crippen LogP contribution in [0.2, 0.25) is 10.0 Å². The third-order valence-corrected chi connectivity index (χ3v) is 3.90. The molecule has 0 N–H and O–H groups in total. The van der Waals surface area contributed by atoms with Gasteiger partial charge in [0.25, 0.3) is 0 Å². The van der Waals surface area contributed by atoms with Crippen molar-refractivity contribution in [3.63, 3.8) is 0 Å². The molecule has 116 valence electrons.